The van der Waals surface area contributed by atoms with E-state index in [1.165, 1.54) is 6.92 Å². The zero-order chi connectivity index (χ0) is 21.0. The second-order valence-corrected chi connectivity index (χ2v) is 7.53. The number of rotatable bonds is 3. The fourth-order valence-electron chi connectivity index (χ4n) is 4.17. The van der Waals surface area contributed by atoms with Crippen molar-refractivity contribution in [2.45, 2.75) is 32.1 Å². The van der Waals surface area contributed by atoms with Crippen LogP contribution in [0.15, 0.2) is 41.2 Å². The predicted octanol–water partition coefficient (Wildman–Crippen LogP) is 1.62. The van der Waals surface area contributed by atoms with E-state index >= 15 is 0 Å². The lowest BCUT2D eigenvalue weighted by atomic mass is 9.85. The van der Waals surface area contributed by atoms with Gasteiger partial charge in [0, 0.05) is 29.9 Å². The summed E-state index contributed by atoms with van der Waals surface area (Å²) in [5.41, 5.74) is 0.879. The Hall–Kier alpha value is -3.52. The number of nitrogens with zero attached hydrogens (tertiary/aromatic N) is 2. The Morgan fingerprint density at radius 1 is 1.30 bits per heavy atom. The van der Waals surface area contributed by atoms with Crippen LogP contribution in [0.1, 0.15) is 30.0 Å². The van der Waals surface area contributed by atoms with Crippen molar-refractivity contribution in [3.05, 3.63) is 63.4 Å². The molecule has 0 fully saturated rings. The fraction of sp³-hybridized carbons (Fsp3) is 0.273. The molecule has 0 aliphatic carbocycles. The van der Waals surface area contributed by atoms with Crippen LogP contribution in [-0.4, -0.2) is 33.2 Å². The van der Waals surface area contributed by atoms with Gasteiger partial charge in [-0.15, -0.1) is 0 Å². The smallest absolute Gasteiger partial charge is 0.343 e. The van der Waals surface area contributed by atoms with Crippen LogP contribution in [0.25, 0.3) is 22.3 Å². The zero-order valence-corrected chi connectivity index (χ0v) is 16.2. The molecule has 8 heteroatoms. The number of aliphatic hydroxyl groups is 1. The van der Waals surface area contributed by atoms with Crippen molar-refractivity contribution >= 4 is 22.8 Å². The molecule has 0 unspecified atom stereocenters. The molecule has 4 heterocycles. The number of fused-ring (bicyclic) bond motifs is 5. The zero-order valence-electron chi connectivity index (χ0n) is 16.2. The third-order valence-corrected chi connectivity index (χ3v) is 5.67. The number of hydrogen-bond acceptors (Lipinski definition) is 7. The Bertz CT molecular complexity index is 1290. The maximum absolute atomic E-state index is 13.2. The molecular formula is C22H18N2O6. The summed E-state index contributed by atoms with van der Waals surface area (Å²) >= 11 is 0. The normalized spacial score (nSPS) is 19.1. The molecule has 0 radical (unpaired) electrons. The maximum atomic E-state index is 13.2. The van der Waals surface area contributed by atoms with E-state index in [-0.39, 0.29) is 36.3 Å². The van der Waals surface area contributed by atoms with E-state index in [4.69, 9.17) is 14.5 Å². The number of hydrogen-bond donors (Lipinski definition) is 1. The summed E-state index contributed by atoms with van der Waals surface area (Å²) in [4.78, 5) is 41.4. The molecule has 5 rings (SSSR count). The monoisotopic (exact) mass is 406 g/mol. The van der Waals surface area contributed by atoms with Crippen molar-refractivity contribution in [3.63, 3.8) is 0 Å². The molecule has 3 aromatic rings. The highest BCUT2D eigenvalue weighted by Gasteiger charge is 2.46. The van der Waals surface area contributed by atoms with E-state index in [1.807, 2.05) is 30.3 Å². The number of pyridine rings is 2. The SMILES string of the molecule is CC(=O)OCC[C@@]1(O)C(=O)OCc2c1cc1n(c2=O)Cc2cc3ccccc3nc2-1. The minimum Gasteiger partial charge on any atom is -0.466 e. The van der Waals surface area contributed by atoms with Crippen molar-refractivity contribution in [1.29, 1.82) is 0 Å². The first-order valence-corrected chi connectivity index (χ1v) is 9.57. The highest BCUT2D eigenvalue weighted by atomic mass is 16.6. The number of cyclic esters (lactones) is 1. The van der Waals surface area contributed by atoms with Crippen molar-refractivity contribution in [3.8, 4) is 11.4 Å². The molecule has 2 aliphatic rings. The Balaban J connectivity index is 1.67. The molecule has 0 spiro atoms. The van der Waals surface area contributed by atoms with Crippen LogP contribution in [0.3, 0.4) is 0 Å². The van der Waals surface area contributed by atoms with Gasteiger partial charge in [0.1, 0.15) is 6.61 Å². The average Bonchev–Trinajstić information content (AvgIpc) is 3.07. The van der Waals surface area contributed by atoms with Gasteiger partial charge in [0.05, 0.1) is 35.6 Å². The number of para-hydroxylation sites is 1. The van der Waals surface area contributed by atoms with Crippen LogP contribution in [0.5, 0.6) is 0 Å². The van der Waals surface area contributed by atoms with Gasteiger partial charge in [0.15, 0.2) is 5.60 Å². The lowest BCUT2D eigenvalue weighted by molar-refractivity contribution is -0.175. The van der Waals surface area contributed by atoms with Crippen molar-refractivity contribution in [1.82, 2.24) is 9.55 Å². The molecule has 1 atom stereocenters. The van der Waals surface area contributed by atoms with Crippen LogP contribution >= 0.6 is 0 Å². The van der Waals surface area contributed by atoms with Crippen LogP contribution in [0, 0.1) is 0 Å². The van der Waals surface area contributed by atoms with Crippen LogP contribution < -0.4 is 5.56 Å². The fourth-order valence-corrected chi connectivity index (χ4v) is 4.17. The first-order chi connectivity index (χ1) is 14.4. The van der Waals surface area contributed by atoms with E-state index in [0.717, 1.165) is 16.5 Å². The lowest BCUT2D eigenvalue weighted by Gasteiger charge is -2.32. The molecule has 0 saturated heterocycles. The number of carbonyl (C=O) groups is 2. The summed E-state index contributed by atoms with van der Waals surface area (Å²) in [5.74, 6) is -1.39. The summed E-state index contributed by atoms with van der Waals surface area (Å²) in [7, 11) is 0. The van der Waals surface area contributed by atoms with Gasteiger partial charge in [-0.3, -0.25) is 9.59 Å². The molecule has 1 aromatic carbocycles. The third-order valence-electron chi connectivity index (χ3n) is 5.67. The van der Waals surface area contributed by atoms with Gasteiger partial charge in [0.25, 0.3) is 5.56 Å². The summed E-state index contributed by atoms with van der Waals surface area (Å²) in [6.07, 6.45) is -0.209. The average molecular weight is 406 g/mol. The molecule has 2 aromatic heterocycles. The van der Waals surface area contributed by atoms with Crippen LogP contribution in [-0.2, 0) is 37.8 Å². The number of carbonyl (C=O) groups excluding carboxylic acids is 2. The number of esters is 2. The second kappa shape index (κ2) is 6.50. The third kappa shape index (κ3) is 2.64. The topological polar surface area (TPSA) is 108 Å². The number of ether oxygens (including phenoxy) is 2. The molecular weight excluding hydrogens is 388 g/mol. The standard InChI is InChI=1S/C22H18N2O6/c1-12(25)29-7-6-22(28)16-9-18-19-14(8-13-4-2-3-5-17(13)23-19)10-24(18)20(26)15(16)11-30-21(22)27/h2-5,8-9,28H,6-7,10-11H2,1H3/t22-/m0/s1. The van der Waals surface area contributed by atoms with Gasteiger partial charge in [-0.1, -0.05) is 18.2 Å². The van der Waals surface area contributed by atoms with Gasteiger partial charge in [0.2, 0.25) is 0 Å². The molecule has 0 bridgehead atoms. The maximum Gasteiger partial charge on any atom is 0.343 e. The Morgan fingerprint density at radius 3 is 2.90 bits per heavy atom. The Morgan fingerprint density at radius 2 is 2.10 bits per heavy atom. The molecule has 0 saturated carbocycles. The molecule has 2 aliphatic heterocycles. The molecule has 0 amide bonds. The minimum atomic E-state index is -2.07. The number of benzene rings is 1. The van der Waals surface area contributed by atoms with Crippen molar-refractivity contribution in [2.75, 3.05) is 6.61 Å². The minimum absolute atomic E-state index is 0.182. The van der Waals surface area contributed by atoms with E-state index < -0.39 is 17.5 Å². The predicted molar refractivity (Wildman–Crippen MR) is 105 cm³/mol. The van der Waals surface area contributed by atoms with Gasteiger partial charge >= 0.3 is 11.9 Å². The molecule has 1 N–H and O–H groups in total. The van der Waals surface area contributed by atoms with Crippen LogP contribution in [0.4, 0.5) is 0 Å². The van der Waals surface area contributed by atoms with Gasteiger partial charge in [-0.25, -0.2) is 9.78 Å². The van der Waals surface area contributed by atoms with Gasteiger partial charge in [-0.05, 0) is 18.2 Å². The van der Waals surface area contributed by atoms with E-state index in [1.54, 1.807) is 10.6 Å². The first-order valence-electron chi connectivity index (χ1n) is 9.57. The summed E-state index contributed by atoms with van der Waals surface area (Å²) in [6.45, 7) is 1.20. The van der Waals surface area contributed by atoms with Gasteiger partial charge in [-0.2, -0.15) is 0 Å². The Kier molecular flexibility index (Phi) is 4.01. The van der Waals surface area contributed by atoms with E-state index in [2.05, 4.69) is 0 Å². The second-order valence-electron chi connectivity index (χ2n) is 7.53. The molecule has 152 valence electrons. The van der Waals surface area contributed by atoms with Crippen molar-refractivity contribution < 1.29 is 24.2 Å². The van der Waals surface area contributed by atoms with E-state index in [9.17, 15) is 19.5 Å². The highest BCUT2D eigenvalue weighted by Crippen LogP contribution is 2.38. The summed E-state index contributed by atoms with van der Waals surface area (Å²) < 4.78 is 11.6. The van der Waals surface area contributed by atoms with Crippen molar-refractivity contribution in [2.24, 2.45) is 0 Å². The molecule has 30 heavy (non-hydrogen) atoms. The lowest BCUT2D eigenvalue weighted by Crippen LogP contribution is -2.45. The van der Waals surface area contributed by atoms with E-state index in [0.29, 0.717) is 17.9 Å². The quantitative estimate of drug-likeness (QED) is 0.515. The van der Waals surface area contributed by atoms with Gasteiger partial charge < -0.3 is 19.1 Å². The summed E-state index contributed by atoms with van der Waals surface area (Å²) in [6, 6.07) is 11.3. The summed E-state index contributed by atoms with van der Waals surface area (Å²) in [5, 5.41) is 12.1. The number of aromatic nitrogens is 2. The molecule has 8 nitrogen and oxygen atoms in total. The first kappa shape index (κ1) is 18.5. The van der Waals surface area contributed by atoms with Crippen LogP contribution in [0.2, 0.25) is 0 Å². The Labute approximate surface area is 170 Å². The highest BCUT2D eigenvalue weighted by molar-refractivity contribution is 5.86. The largest absolute Gasteiger partial charge is 0.466 e.